The van der Waals surface area contributed by atoms with Gasteiger partial charge in [0.15, 0.2) is 6.23 Å². The maximum absolute atomic E-state index is 6.04. The number of hydrogen-bond acceptors (Lipinski definition) is 8. The molecule has 3 aliphatic heterocycles. The van der Waals surface area contributed by atoms with Gasteiger partial charge in [0, 0.05) is 24.9 Å². The Bertz CT molecular complexity index is 1170. The summed E-state index contributed by atoms with van der Waals surface area (Å²) < 4.78 is 25.3. The lowest BCUT2D eigenvalue weighted by atomic mass is 10.0. The molecular weight excluding hydrogens is 438 g/mol. The molecule has 0 radical (unpaired) electrons. The molecule has 6 rings (SSSR count). The molecule has 0 aliphatic carbocycles. The first kappa shape index (κ1) is 21.2. The highest BCUT2D eigenvalue weighted by atomic mass is 32.1. The third-order valence-corrected chi connectivity index (χ3v) is 7.59. The number of nitrogens with zero attached hydrogens (tertiary/aromatic N) is 5. The summed E-state index contributed by atoms with van der Waals surface area (Å²) in [5.41, 5.74) is 5.34. The number of fused-ring (bicyclic) bond motifs is 1. The van der Waals surface area contributed by atoms with E-state index < -0.39 is 0 Å². The summed E-state index contributed by atoms with van der Waals surface area (Å²) in [5, 5.41) is 4.61. The first-order valence-electron chi connectivity index (χ1n) is 11.9. The third-order valence-electron chi connectivity index (χ3n) is 6.72. The Morgan fingerprint density at radius 3 is 2.94 bits per heavy atom. The highest BCUT2D eigenvalue weighted by Gasteiger charge is 2.27. The number of hydrogen-bond donors (Lipinski definition) is 0. The van der Waals surface area contributed by atoms with Crippen LogP contribution in [-0.4, -0.2) is 64.8 Å². The summed E-state index contributed by atoms with van der Waals surface area (Å²) in [7, 11) is 0. The van der Waals surface area contributed by atoms with E-state index in [1.165, 1.54) is 22.7 Å². The minimum atomic E-state index is -0.0411. The van der Waals surface area contributed by atoms with Gasteiger partial charge in [0.05, 0.1) is 42.9 Å². The monoisotopic (exact) mass is 467 g/mol. The van der Waals surface area contributed by atoms with Crippen LogP contribution < -0.4 is 4.90 Å². The molecular formula is C24H29N5O3S. The van der Waals surface area contributed by atoms with Crippen LogP contribution >= 0.6 is 11.5 Å². The van der Waals surface area contributed by atoms with E-state index in [1.54, 1.807) is 0 Å². The highest BCUT2D eigenvalue weighted by molar-refractivity contribution is 7.14. The Balaban J connectivity index is 1.50. The average Bonchev–Trinajstić information content (AvgIpc) is 3.52. The first-order chi connectivity index (χ1) is 16.3. The topological polar surface area (TPSA) is 74.5 Å². The molecule has 0 amide bonds. The second kappa shape index (κ2) is 9.13. The Kier molecular flexibility index (Phi) is 5.87. The Morgan fingerprint density at radius 2 is 2.12 bits per heavy atom. The molecule has 2 atom stereocenters. The van der Waals surface area contributed by atoms with Gasteiger partial charge < -0.3 is 19.1 Å². The van der Waals surface area contributed by atoms with Crippen LogP contribution in [-0.2, 0) is 14.2 Å². The summed E-state index contributed by atoms with van der Waals surface area (Å²) in [6.07, 6.45) is 8.13. The molecule has 33 heavy (non-hydrogen) atoms. The quantitative estimate of drug-likeness (QED) is 0.567. The van der Waals surface area contributed by atoms with Crippen molar-refractivity contribution in [3.05, 3.63) is 30.0 Å². The third kappa shape index (κ3) is 3.97. The number of aromatic nitrogens is 4. The van der Waals surface area contributed by atoms with E-state index in [0.717, 1.165) is 79.5 Å². The van der Waals surface area contributed by atoms with Crippen LogP contribution in [0, 0.1) is 0 Å². The van der Waals surface area contributed by atoms with Gasteiger partial charge >= 0.3 is 0 Å². The standard InChI is InChI=1S/C24H29N5O3S/c1-16-15-31-13-9-28(16)20-14-18(17-6-11-30-12-7-17)24-23(26-20)22(27-33-24)19-5-8-25-29(19)21-4-2-3-10-32-21/h5-6,8,14,16,21H,2-4,7,9-13,15H2,1H3. The molecule has 3 aliphatic rings. The molecule has 0 saturated carbocycles. The molecule has 8 nitrogen and oxygen atoms in total. The predicted molar refractivity (Wildman–Crippen MR) is 129 cm³/mol. The lowest BCUT2D eigenvalue weighted by Gasteiger charge is -2.34. The van der Waals surface area contributed by atoms with E-state index in [2.05, 4.69) is 29.1 Å². The maximum atomic E-state index is 6.04. The van der Waals surface area contributed by atoms with Gasteiger partial charge in [-0.15, -0.1) is 0 Å². The van der Waals surface area contributed by atoms with Crippen molar-refractivity contribution in [2.24, 2.45) is 0 Å². The van der Waals surface area contributed by atoms with Crippen LogP contribution in [0.2, 0.25) is 0 Å². The van der Waals surface area contributed by atoms with Gasteiger partial charge in [0.2, 0.25) is 0 Å². The minimum Gasteiger partial charge on any atom is -0.377 e. The molecule has 0 spiro atoms. The summed E-state index contributed by atoms with van der Waals surface area (Å²) >= 11 is 1.52. The fraction of sp³-hybridized carbons (Fsp3) is 0.542. The van der Waals surface area contributed by atoms with Crippen LogP contribution in [0.15, 0.2) is 24.4 Å². The van der Waals surface area contributed by atoms with Crippen molar-refractivity contribution >= 4 is 33.1 Å². The molecule has 2 unspecified atom stereocenters. The maximum Gasteiger partial charge on any atom is 0.150 e. The number of anilines is 1. The van der Waals surface area contributed by atoms with Crippen molar-refractivity contribution in [3.8, 4) is 11.4 Å². The van der Waals surface area contributed by atoms with Gasteiger partial charge in [-0.3, -0.25) is 0 Å². The van der Waals surface area contributed by atoms with Gasteiger partial charge in [-0.05, 0) is 61.8 Å². The summed E-state index contributed by atoms with van der Waals surface area (Å²) in [5.74, 6) is 0.988. The highest BCUT2D eigenvalue weighted by Crippen LogP contribution is 2.39. The largest absolute Gasteiger partial charge is 0.377 e. The molecule has 3 aromatic rings. The lowest BCUT2D eigenvalue weighted by Crippen LogP contribution is -2.44. The normalized spacial score (nSPS) is 24.3. The van der Waals surface area contributed by atoms with E-state index in [1.807, 2.05) is 16.9 Å². The van der Waals surface area contributed by atoms with E-state index >= 15 is 0 Å². The minimum absolute atomic E-state index is 0.0411. The summed E-state index contributed by atoms with van der Waals surface area (Å²) in [6.45, 7) is 6.64. The number of rotatable bonds is 4. The second-order valence-corrected chi connectivity index (χ2v) is 9.66. The Labute approximate surface area is 197 Å². The van der Waals surface area contributed by atoms with Crippen LogP contribution in [0.5, 0.6) is 0 Å². The van der Waals surface area contributed by atoms with E-state index in [9.17, 15) is 0 Å². The zero-order valence-electron chi connectivity index (χ0n) is 18.9. The van der Waals surface area contributed by atoms with Crippen LogP contribution in [0.25, 0.3) is 27.2 Å². The van der Waals surface area contributed by atoms with Crippen molar-refractivity contribution < 1.29 is 14.2 Å². The fourth-order valence-corrected chi connectivity index (χ4v) is 5.83. The van der Waals surface area contributed by atoms with Crippen molar-refractivity contribution in [2.75, 3.05) is 44.5 Å². The van der Waals surface area contributed by atoms with Gasteiger partial charge in [0.25, 0.3) is 0 Å². The molecule has 0 aromatic carbocycles. The molecule has 2 saturated heterocycles. The van der Waals surface area contributed by atoms with E-state index in [4.69, 9.17) is 23.6 Å². The molecule has 3 aromatic heterocycles. The molecule has 0 bridgehead atoms. The smallest absolute Gasteiger partial charge is 0.150 e. The van der Waals surface area contributed by atoms with Crippen LogP contribution in [0.4, 0.5) is 5.82 Å². The lowest BCUT2D eigenvalue weighted by molar-refractivity contribution is -0.0383. The second-order valence-electron chi connectivity index (χ2n) is 8.89. The fourth-order valence-electron chi connectivity index (χ4n) is 4.95. The van der Waals surface area contributed by atoms with Gasteiger partial charge in [0.1, 0.15) is 17.0 Å². The summed E-state index contributed by atoms with van der Waals surface area (Å²) in [4.78, 5) is 7.54. The number of pyridine rings is 1. The van der Waals surface area contributed by atoms with Crippen LogP contribution in [0.3, 0.4) is 0 Å². The zero-order chi connectivity index (χ0) is 22.2. The average molecular weight is 468 g/mol. The summed E-state index contributed by atoms with van der Waals surface area (Å²) in [6, 6.07) is 4.55. The molecule has 9 heteroatoms. The first-order valence-corrected chi connectivity index (χ1v) is 12.6. The van der Waals surface area contributed by atoms with Crippen molar-refractivity contribution in [1.29, 1.82) is 0 Å². The molecule has 0 N–H and O–H groups in total. The van der Waals surface area contributed by atoms with Gasteiger partial charge in [-0.1, -0.05) is 6.08 Å². The zero-order valence-corrected chi connectivity index (χ0v) is 19.7. The Hall–Kier alpha value is -2.33. The Morgan fingerprint density at radius 1 is 1.15 bits per heavy atom. The molecule has 6 heterocycles. The van der Waals surface area contributed by atoms with Crippen molar-refractivity contribution in [3.63, 3.8) is 0 Å². The molecule has 174 valence electrons. The number of morpholine rings is 1. The van der Waals surface area contributed by atoms with Crippen molar-refractivity contribution in [1.82, 2.24) is 19.1 Å². The van der Waals surface area contributed by atoms with E-state index in [-0.39, 0.29) is 12.3 Å². The van der Waals surface area contributed by atoms with Crippen LogP contribution in [0.1, 0.15) is 44.4 Å². The van der Waals surface area contributed by atoms with E-state index in [0.29, 0.717) is 13.2 Å². The molecule has 2 fully saturated rings. The van der Waals surface area contributed by atoms with Crippen molar-refractivity contribution in [2.45, 2.75) is 44.9 Å². The SMILES string of the molecule is CC1COCCN1c1cc(C2=CCOCC2)c2snc(-c3ccnn3C3CCCCO3)c2n1. The number of ether oxygens (including phenoxy) is 3. The predicted octanol–water partition coefficient (Wildman–Crippen LogP) is 4.28. The van der Waals surface area contributed by atoms with Gasteiger partial charge in [-0.2, -0.15) is 9.47 Å². The van der Waals surface area contributed by atoms with Gasteiger partial charge in [-0.25, -0.2) is 9.67 Å².